The molecule has 2 aromatic rings. The van der Waals surface area contributed by atoms with Crippen molar-refractivity contribution in [3.8, 4) is 5.69 Å². The maximum absolute atomic E-state index is 13.5. The minimum atomic E-state index is -3.33. The average Bonchev–Trinajstić information content (AvgIpc) is 2.80. The summed E-state index contributed by atoms with van der Waals surface area (Å²) in [7, 11) is 0. The Balaban J connectivity index is 2.48. The maximum Gasteiger partial charge on any atom is 0.360 e. The molecule has 0 saturated carbocycles. The van der Waals surface area contributed by atoms with Gasteiger partial charge in [-0.1, -0.05) is 5.21 Å². The fourth-order valence-electron chi connectivity index (χ4n) is 1.94. The van der Waals surface area contributed by atoms with Gasteiger partial charge in [-0.25, -0.2) is 22.6 Å². The number of hydrogen-bond acceptors (Lipinski definition) is 4. The van der Waals surface area contributed by atoms with Crippen molar-refractivity contribution in [3.05, 3.63) is 41.0 Å². The van der Waals surface area contributed by atoms with Gasteiger partial charge in [0.25, 0.3) is 5.92 Å². The van der Waals surface area contributed by atoms with Gasteiger partial charge in [0.1, 0.15) is 5.82 Å². The first-order valence-electron chi connectivity index (χ1n) is 6.53. The van der Waals surface area contributed by atoms with E-state index in [0.29, 0.717) is 12.6 Å². The summed E-state index contributed by atoms with van der Waals surface area (Å²) in [6, 6.07) is 3.18. The molecule has 2 rings (SSSR count). The van der Waals surface area contributed by atoms with Crippen LogP contribution in [0.25, 0.3) is 5.69 Å². The number of carbonyl (C=O) groups excluding carboxylic acids is 1. The standard InChI is InChI=1S/C14H14F3N3O2/c1-4-22-13(21)12-8(2)20(19-18-12)9-5-6-11(15)10(7-9)14(3,16)17/h5-7H,4H2,1-3H3. The molecule has 0 aliphatic heterocycles. The summed E-state index contributed by atoms with van der Waals surface area (Å²) in [5.41, 5.74) is -0.275. The molecule has 1 aromatic heterocycles. The monoisotopic (exact) mass is 313 g/mol. The molecule has 0 unspecified atom stereocenters. The van der Waals surface area contributed by atoms with Gasteiger partial charge in [-0.05, 0) is 32.0 Å². The second-order valence-electron chi connectivity index (χ2n) is 4.71. The lowest BCUT2D eigenvalue weighted by atomic mass is 10.1. The van der Waals surface area contributed by atoms with Crippen LogP contribution in [0.4, 0.5) is 13.2 Å². The molecule has 0 atom stereocenters. The molecule has 0 N–H and O–H groups in total. The first-order valence-corrected chi connectivity index (χ1v) is 6.53. The molecule has 0 bridgehead atoms. The summed E-state index contributed by atoms with van der Waals surface area (Å²) >= 11 is 0. The molecule has 1 aromatic carbocycles. The number of esters is 1. The van der Waals surface area contributed by atoms with Crippen LogP contribution < -0.4 is 0 Å². The predicted octanol–water partition coefficient (Wildman–Crippen LogP) is 3.00. The van der Waals surface area contributed by atoms with Gasteiger partial charge >= 0.3 is 5.97 Å². The van der Waals surface area contributed by atoms with Gasteiger partial charge in [-0.3, -0.25) is 0 Å². The molecule has 0 amide bonds. The normalized spacial score (nSPS) is 11.5. The molecule has 5 nitrogen and oxygen atoms in total. The highest BCUT2D eigenvalue weighted by Crippen LogP contribution is 2.30. The molecular weight excluding hydrogens is 299 g/mol. The van der Waals surface area contributed by atoms with Crippen molar-refractivity contribution in [2.75, 3.05) is 6.61 Å². The number of ether oxygens (including phenoxy) is 1. The van der Waals surface area contributed by atoms with Gasteiger partial charge in [0, 0.05) is 6.92 Å². The Morgan fingerprint density at radius 1 is 1.41 bits per heavy atom. The van der Waals surface area contributed by atoms with E-state index in [2.05, 4.69) is 10.3 Å². The van der Waals surface area contributed by atoms with E-state index in [4.69, 9.17) is 4.74 Å². The van der Waals surface area contributed by atoms with Gasteiger partial charge in [0.2, 0.25) is 0 Å². The van der Waals surface area contributed by atoms with Gasteiger partial charge < -0.3 is 4.74 Å². The van der Waals surface area contributed by atoms with E-state index in [1.54, 1.807) is 13.8 Å². The number of halogens is 3. The molecule has 0 spiro atoms. The van der Waals surface area contributed by atoms with Crippen molar-refractivity contribution in [2.24, 2.45) is 0 Å². The minimum absolute atomic E-state index is 0.0176. The summed E-state index contributed by atoms with van der Waals surface area (Å²) in [5.74, 6) is -5.01. The largest absolute Gasteiger partial charge is 0.461 e. The number of nitrogens with zero attached hydrogens (tertiary/aromatic N) is 3. The molecule has 0 radical (unpaired) electrons. The van der Waals surface area contributed by atoms with E-state index in [9.17, 15) is 18.0 Å². The third kappa shape index (κ3) is 2.95. The van der Waals surface area contributed by atoms with E-state index in [-0.39, 0.29) is 18.0 Å². The van der Waals surface area contributed by atoms with Crippen molar-refractivity contribution in [1.29, 1.82) is 0 Å². The van der Waals surface area contributed by atoms with Crippen LogP contribution in [-0.2, 0) is 10.7 Å². The lowest BCUT2D eigenvalue weighted by molar-refractivity contribution is 0.0137. The second-order valence-corrected chi connectivity index (χ2v) is 4.71. The highest BCUT2D eigenvalue weighted by Gasteiger charge is 2.29. The first-order chi connectivity index (χ1) is 10.3. The number of aromatic nitrogens is 3. The number of carbonyl (C=O) groups is 1. The van der Waals surface area contributed by atoms with E-state index >= 15 is 0 Å². The van der Waals surface area contributed by atoms with E-state index in [0.717, 1.165) is 12.1 Å². The third-order valence-electron chi connectivity index (χ3n) is 3.03. The van der Waals surface area contributed by atoms with Gasteiger partial charge in [0.05, 0.1) is 23.6 Å². The maximum atomic E-state index is 13.5. The van der Waals surface area contributed by atoms with Crippen LogP contribution in [0.3, 0.4) is 0 Å². The van der Waals surface area contributed by atoms with Gasteiger partial charge in [0.15, 0.2) is 5.69 Å². The van der Waals surface area contributed by atoms with Crippen LogP contribution in [0, 0.1) is 12.7 Å². The summed E-state index contributed by atoms with van der Waals surface area (Å²) in [5, 5.41) is 7.42. The Bertz CT molecular complexity index is 708. The summed E-state index contributed by atoms with van der Waals surface area (Å²) in [6.07, 6.45) is 0. The Labute approximate surface area is 124 Å². The molecule has 22 heavy (non-hydrogen) atoms. The minimum Gasteiger partial charge on any atom is -0.461 e. The molecule has 0 aliphatic carbocycles. The van der Waals surface area contributed by atoms with Crippen molar-refractivity contribution in [3.63, 3.8) is 0 Å². The fraction of sp³-hybridized carbons (Fsp3) is 0.357. The molecule has 0 saturated heterocycles. The Morgan fingerprint density at radius 3 is 2.68 bits per heavy atom. The summed E-state index contributed by atoms with van der Waals surface area (Å²) in [4.78, 5) is 11.7. The molecule has 0 aliphatic rings. The zero-order chi connectivity index (χ0) is 16.5. The first kappa shape index (κ1) is 16.0. The predicted molar refractivity (Wildman–Crippen MR) is 71.6 cm³/mol. The van der Waals surface area contributed by atoms with Crippen LogP contribution in [-0.4, -0.2) is 27.6 Å². The van der Waals surface area contributed by atoms with Crippen molar-refractivity contribution in [2.45, 2.75) is 26.7 Å². The van der Waals surface area contributed by atoms with Crippen LogP contribution in [0.5, 0.6) is 0 Å². The van der Waals surface area contributed by atoms with Crippen molar-refractivity contribution < 1.29 is 22.7 Å². The van der Waals surface area contributed by atoms with Crippen LogP contribution in [0.1, 0.15) is 35.6 Å². The Kier molecular flexibility index (Phi) is 4.20. The summed E-state index contributed by atoms with van der Waals surface area (Å²) in [6.45, 7) is 3.97. The van der Waals surface area contributed by atoms with Crippen LogP contribution >= 0.6 is 0 Å². The second kappa shape index (κ2) is 5.78. The molecule has 0 fully saturated rings. The van der Waals surface area contributed by atoms with Gasteiger partial charge in [-0.2, -0.15) is 0 Å². The Hall–Kier alpha value is -2.38. The zero-order valence-corrected chi connectivity index (χ0v) is 12.2. The van der Waals surface area contributed by atoms with Crippen molar-refractivity contribution in [1.82, 2.24) is 15.0 Å². The topological polar surface area (TPSA) is 57.0 Å². The molecule has 118 valence electrons. The third-order valence-corrected chi connectivity index (χ3v) is 3.03. The molecular formula is C14H14F3N3O2. The van der Waals surface area contributed by atoms with E-state index < -0.39 is 23.3 Å². The molecule has 1 heterocycles. The average molecular weight is 313 g/mol. The lowest BCUT2D eigenvalue weighted by Crippen LogP contribution is -2.12. The smallest absolute Gasteiger partial charge is 0.360 e. The summed E-state index contributed by atoms with van der Waals surface area (Å²) < 4.78 is 46.3. The highest BCUT2D eigenvalue weighted by atomic mass is 19.3. The number of rotatable bonds is 4. The SMILES string of the molecule is CCOC(=O)c1nnn(-c2ccc(F)c(C(C)(F)F)c2)c1C. The number of alkyl halides is 2. The van der Waals surface area contributed by atoms with Crippen molar-refractivity contribution >= 4 is 5.97 Å². The fourth-order valence-corrected chi connectivity index (χ4v) is 1.94. The highest BCUT2D eigenvalue weighted by molar-refractivity contribution is 5.88. The number of benzene rings is 1. The lowest BCUT2D eigenvalue weighted by Gasteiger charge is -2.13. The quantitative estimate of drug-likeness (QED) is 0.814. The number of hydrogen-bond donors (Lipinski definition) is 0. The van der Waals surface area contributed by atoms with Gasteiger partial charge in [-0.15, -0.1) is 5.10 Å². The van der Waals surface area contributed by atoms with Crippen LogP contribution in [0.2, 0.25) is 0 Å². The van der Waals surface area contributed by atoms with Crippen LogP contribution in [0.15, 0.2) is 18.2 Å². The Morgan fingerprint density at radius 2 is 2.09 bits per heavy atom. The van der Waals surface area contributed by atoms with E-state index in [1.165, 1.54) is 10.7 Å². The van der Waals surface area contributed by atoms with E-state index in [1.807, 2.05) is 0 Å². The zero-order valence-electron chi connectivity index (χ0n) is 12.2. The molecule has 8 heteroatoms.